The molecular weight excluding hydrogens is 336 g/mol. The average molecular weight is 367 g/mol. The number of fused-ring (bicyclic) bond motifs is 1. The minimum atomic E-state index is 0.624. The number of hydrogen-bond acceptors (Lipinski definition) is 3. The normalized spacial score (nSPS) is 21.7. The molecule has 2 heterocycles. The van der Waals surface area contributed by atoms with E-state index < -0.39 is 0 Å². The van der Waals surface area contributed by atoms with Gasteiger partial charge >= 0.3 is 0 Å². The number of hydrogen-bond donors (Lipinski definition) is 1. The van der Waals surface area contributed by atoms with E-state index in [1.807, 2.05) is 0 Å². The van der Waals surface area contributed by atoms with Crippen molar-refractivity contribution >= 4 is 16.7 Å². The van der Waals surface area contributed by atoms with Gasteiger partial charge in [-0.25, -0.2) is 4.99 Å². The molecule has 2 aromatic carbocycles. The van der Waals surface area contributed by atoms with E-state index >= 15 is 0 Å². The highest BCUT2D eigenvalue weighted by Gasteiger charge is 2.30. The molecular formula is C22H30N4O. The molecule has 1 unspecified atom stereocenters. The number of nitrogens with zero attached hydrogens (tertiary/aromatic N) is 3. The molecule has 27 heavy (non-hydrogen) atoms. The van der Waals surface area contributed by atoms with Gasteiger partial charge in [-0.1, -0.05) is 36.4 Å². The first-order valence-corrected chi connectivity index (χ1v) is 10.2. The molecule has 1 atom stereocenters. The molecule has 0 spiro atoms. The number of likely N-dealkylation sites (tertiary alicyclic amines) is 1. The van der Waals surface area contributed by atoms with Crippen LogP contribution >= 0.6 is 0 Å². The second kappa shape index (κ2) is 8.72. The van der Waals surface area contributed by atoms with Crippen molar-refractivity contribution in [3.8, 4) is 0 Å². The number of guanidine groups is 1. The van der Waals surface area contributed by atoms with Crippen LogP contribution in [0.15, 0.2) is 47.5 Å². The van der Waals surface area contributed by atoms with Gasteiger partial charge in [0, 0.05) is 38.8 Å². The fourth-order valence-corrected chi connectivity index (χ4v) is 4.10. The quantitative estimate of drug-likeness (QED) is 0.667. The first-order valence-electron chi connectivity index (χ1n) is 10.2. The summed E-state index contributed by atoms with van der Waals surface area (Å²) in [6, 6.07) is 15.8. The Morgan fingerprint density at radius 1 is 1.11 bits per heavy atom. The summed E-state index contributed by atoms with van der Waals surface area (Å²) in [6.07, 6.45) is 1.21. The van der Waals surface area contributed by atoms with Crippen LogP contribution in [0.2, 0.25) is 0 Å². The highest BCUT2D eigenvalue weighted by molar-refractivity contribution is 5.83. The number of rotatable bonds is 4. The van der Waals surface area contributed by atoms with Crippen LogP contribution in [0.25, 0.3) is 10.8 Å². The average Bonchev–Trinajstić information content (AvgIpc) is 3.22. The Labute approximate surface area is 162 Å². The molecule has 2 aromatic rings. The molecule has 0 radical (unpaired) electrons. The summed E-state index contributed by atoms with van der Waals surface area (Å²) in [5.41, 5.74) is 1.26. The predicted octanol–water partition coefficient (Wildman–Crippen LogP) is 2.71. The van der Waals surface area contributed by atoms with Gasteiger partial charge in [0.1, 0.15) is 0 Å². The Morgan fingerprint density at radius 2 is 1.93 bits per heavy atom. The number of morpholine rings is 1. The molecule has 1 N–H and O–H groups in total. The highest BCUT2D eigenvalue weighted by atomic mass is 16.5. The monoisotopic (exact) mass is 366 g/mol. The second-order valence-corrected chi connectivity index (χ2v) is 7.39. The minimum absolute atomic E-state index is 0.624. The Hall–Kier alpha value is -2.11. The van der Waals surface area contributed by atoms with Crippen LogP contribution < -0.4 is 5.32 Å². The van der Waals surface area contributed by atoms with Gasteiger partial charge in [-0.2, -0.15) is 0 Å². The molecule has 0 amide bonds. The molecule has 0 aromatic heterocycles. The van der Waals surface area contributed by atoms with Crippen molar-refractivity contribution in [2.45, 2.75) is 25.9 Å². The van der Waals surface area contributed by atoms with E-state index in [2.05, 4.69) is 64.5 Å². The van der Waals surface area contributed by atoms with Crippen molar-refractivity contribution in [1.82, 2.24) is 15.1 Å². The SMILES string of the molecule is CCNC(=NCc1ccc2ccccc2c1)N1CCC(N2CCOCC2)C1. The molecule has 0 bridgehead atoms. The predicted molar refractivity (Wildman–Crippen MR) is 111 cm³/mol. The topological polar surface area (TPSA) is 40.1 Å². The number of ether oxygens (including phenoxy) is 1. The van der Waals surface area contributed by atoms with E-state index in [1.54, 1.807) is 0 Å². The molecule has 0 saturated carbocycles. The molecule has 5 nitrogen and oxygen atoms in total. The van der Waals surface area contributed by atoms with Gasteiger partial charge in [-0.15, -0.1) is 0 Å². The van der Waals surface area contributed by atoms with E-state index in [0.717, 1.165) is 51.9 Å². The Bertz CT molecular complexity index is 785. The van der Waals surface area contributed by atoms with Crippen molar-refractivity contribution in [2.75, 3.05) is 45.9 Å². The van der Waals surface area contributed by atoms with Gasteiger partial charge in [-0.05, 0) is 35.7 Å². The van der Waals surface area contributed by atoms with Crippen molar-refractivity contribution in [3.63, 3.8) is 0 Å². The fraction of sp³-hybridized carbons (Fsp3) is 0.500. The smallest absolute Gasteiger partial charge is 0.194 e. The molecule has 2 fully saturated rings. The summed E-state index contributed by atoms with van der Waals surface area (Å²) in [5.74, 6) is 1.04. The lowest BCUT2D eigenvalue weighted by Gasteiger charge is -2.32. The van der Waals surface area contributed by atoms with Crippen LogP contribution in [0.4, 0.5) is 0 Å². The highest BCUT2D eigenvalue weighted by Crippen LogP contribution is 2.19. The third-order valence-electron chi connectivity index (χ3n) is 5.59. The Kier molecular flexibility index (Phi) is 5.90. The van der Waals surface area contributed by atoms with E-state index in [-0.39, 0.29) is 0 Å². The summed E-state index contributed by atoms with van der Waals surface area (Å²) in [7, 11) is 0. The van der Waals surface area contributed by atoms with Gasteiger partial charge in [0.2, 0.25) is 0 Å². The van der Waals surface area contributed by atoms with Crippen molar-refractivity contribution in [1.29, 1.82) is 0 Å². The zero-order valence-corrected chi connectivity index (χ0v) is 16.2. The van der Waals surface area contributed by atoms with E-state index in [9.17, 15) is 0 Å². The summed E-state index contributed by atoms with van der Waals surface area (Å²) < 4.78 is 5.50. The van der Waals surface area contributed by atoms with Crippen molar-refractivity contribution in [3.05, 3.63) is 48.0 Å². The molecule has 2 aliphatic rings. The lowest BCUT2D eigenvalue weighted by atomic mass is 10.1. The Morgan fingerprint density at radius 3 is 2.74 bits per heavy atom. The number of nitrogens with one attached hydrogen (secondary N) is 1. The summed E-state index contributed by atoms with van der Waals surface area (Å²) >= 11 is 0. The van der Waals surface area contributed by atoms with E-state index in [0.29, 0.717) is 12.6 Å². The minimum Gasteiger partial charge on any atom is -0.379 e. The van der Waals surface area contributed by atoms with Crippen LogP contribution in [0.1, 0.15) is 18.9 Å². The Balaban J connectivity index is 1.43. The van der Waals surface area contributed by atoms with Crippen LogP contribution in [0.5, 0.6) is 0 Å². The van der Waals surface area contributed by atoms with Gasteiger partial charge in [-0.3, -0.25) is 4.90 Å². The third-order valence-corrected chi connectivity index (χ3v) is 5.59. The fourth-order valence-electron chi connectivity index (χ4n) is 4.10. The van der Waals surface area contributed by atoms with Crippen molar-refractivity contribution < 1.29 is 4.74 Å². The molecule has 0 aliphatic carbocycles. The van der Waals surface area contributed by atoms with Crippen LogP contribution in [0.3, 0.4) is 0 Å². The first-order chi connectivity index (χ1) is 13.3. The van der Waals surface area contributed by atoms with Crippen LogP contribution in [-0.4, -0.2) is 67.7 Å². The second-order valence-electron chi connectivity index (χ2n) is 7.39. The van der Waals surface area contributed by atoms with Gasteiger partial charge < -0.3 is 15.0 Å². The lowest BCUT2D eigenvalue weighted by molar-refractivity contribution is 0.0195. The van der Waals surface area contributed by atoms with E-state index in [1.165, 1.54) is 22.8 Å². The number of aliphatic imine (C=N–C) groups is 1. The molecule has 144 valence electrons. The molecule has 2 saturated heterocycles. The summed E-state index contributed by atoms with van der Waals surface area (Å²) in [5, 5.41) is 6.05. The van der Waals surface area contributed by atoms with Crippen LogP contribution in [-0.2, 0) is 11.3 Å². The molecule has 5 heteroatoms. The first kappa shape index (κ1) is 18.3. The maximum Gasteiger partial charge on any atom is 0.194 e. The zero-order chi connectivity index (χ0) is 18.5. The van der Waals surface area contributed by atoms with Gasteiger partial charge in [0.05, 0.1) is 19.8 Å². The maximum atomic E-state index is 5.50. The standard InChI is InChI=1S/C22H30N4O/c1-2-23-22(26-10-9-21(17-26)25-11-13-27-14-12-25)24-16-18-7-8-19-5-3-4-6-20(19)15-18/h3-8,15,21H,2,9-14,16-17H2,1H3,(H,23,24). The number of benzene rings is 2. The van der Waals surface area contributed by atoms with Crippen molar-refractivity contribution in [2.24, 2.45) is 4.99 Å². The summed E-state index contributed by atoms with van der Waals surface area (Å²) in [6.45, 7) is 9.74. The molecule has 2 aliphatic heterocycles. The molecule has 4 rings (SSSR count). The third kappa shape index (κ3) is 4.42. The van der Waals surface area contributed by atoms with Gasteiger partial charge in [0.25, 0.3) is 0 Å². The van der Waals surface area contributed by atoms with Gasteiger partial charge in [0.15, 0.2) is 5.96 Å². The van der Waals surface area contributed by atoms with E-state index in [4.69, 9.17) is 9.73 Å². The maximum absolute atomic E-state index is 5.50. The zero-order valence-electron chi connectivity index (χ0n) is 16.2. The summed E-state index contributed by atoms with van der Waals surface area (Å²) in [4.78, 5) is 9.94. The lowest BCUT2D eigenvalue weighted by Crippen LogP contribution is -2.46. The largest absolute Gasteiger partial charge is 0.379 e. The van der Waals surface area contributed by atoms with Crippen LogP contribution in [0, 0.1) is 0 Å².